The number of Topliss-reactive ketones (excluding diaryl/α,β-unsaturated/α-hetero) is 1. The lowest BCUT2D eigenvalue weighted by Crippen LogP contribution is -2.61. The van der Waals surface area contributed by atoms with E-state index in [1.165, 1.54) is 0 Å². The lowest BCUT2D eigenvalue weighted by atomic mass is 9.99. The molecular formula is C33H24ClF15O5. The molecule has 0 aromatic heterocycles. The van der Waals surface area contributed by atoms with Crippen LogP contribution in [0.1, 0.15) is 66.2 Å². The summed E-state index contributed by atoms with van der Waals surface area (Å²) in [7, 11) is 0. The quantitative estimate of drug-likeness (QED) is 0.0360. The Bertz CT molecular complexity index is 1800. The van der Waals surface area contributed by atoms with Gasteiger partial charge in [-0.3, -0.25) is 9.53 Å². The molecule has 0 heterocycles. The van der Waals surface area contributed by atoms with Crippen LogP contribution in [0.4, 0.5) is 65.9 Å². The number of carbonyl (C=O) groups excluding carboxylic acids is 2. The molecule has 54 heavy (non-hydrogen) atoms. The van der Waals surface area contributed by atoms with Crippen molar-refractivity contribution >= 4 is 23.4 Å². The van der Waals surface area contributed by atoms with E-state index in [-0.39, 0.29) is 17.7 Å². The molecule has 0 saturated carbocycles. The molecule has 0 saturated heterocycles. The second kappa shape index (κ2) is 16.7. The largest absolute Gasteiger partial charge is 0.487 e. The van der Waals surface area contributed by atoms with Crippen molar-refractivity contribution in [2.24, 2.45) is 0 Å². The number of hydrogen-bond donors (Lipinski definition) is 0. The van der Waals surface area contributed by atoms with Crippen molar-refractivity contribution in [1.29, 1.82) is 0 Å². The Morgan fingerprint density at radius 2 is 1.19 bits per heavy atom. The zero-order valence-corrected chi connectivity index (χ0v) is 27.8. The van der Waals surface area contributed by atoms with Crippen molar-refractivity contribution in [1.82, 2.24) is 0 Å². The van der Waals surface area contributed by atoms with Gasteiger partial charge in [0, 0.05) is 5.56 Å². The van der Waals surface area contributed by atoms with Crippen LogP contribution < -0.4 is 9.47 Å². The first-order chi connectivity index (χ1) is 24.8. The molecule has 0 bridgehead atoms. The Morgan fingerprint density at radius 1 is 0.667 bits per heavy atom. The number of ether oxygens (including phenoxy) is 3. The number of hydrogen-bond acceptors (Lipinski definition) is 5. The zero-order valence-electron chi connectivity index (χ0n) is 27.1. The lowest BCUT2D eigenvalue weighted by Gasteiger charge is -2.34. The van der Waals surface area contributed by atoms with Gasteiger partial charge in [-0.15, -0.1) is 0 Å². The van der Waals surface area contributed by atoms with E-state index < -0.39 is 92.9 Å². The maximum absolute atomic E-state index is 14.7. The lowest BCUT2D eigenvalue weighted by molar-refractivity contribution is -0.470. The van der Waals surface area contributed by atoms with Gasteiger partial charge in [-0.1, -0.05) is 81.0 Å². The highest BCUT2D eigenvalue weighted by Gasteiger charge is 2.79. The summed E-state index contributed by atoms with van der Waals surface area (Å²) in [5.41, 5.74) is -3.56. The third-order valence-corrected chi connectivity index (χ3v) is 7.73. The van der Waals surface area contributed by atoms with Crippen LogP contribution in [0.5, 0.6) is 11.5 Å². The average molecular weight is 821 g/mol. The van der Waals surface area contributed by atoms with E-state index in [0.29, 0.717) is 37.1 Å². The molecule has 21 heteroatoms. The summed E-state index contributed by atoms with van der Waals surface area (Å²) >= 11 is 6.02. The first-order valence-corrected chi connectivity index (χ1v) is 15.6. The molecule has 5 nitrogen and oxygen atoms in total. The minimum absolute atomic E-state index is 0.0879. The molecule has 0 N–H and O–H groups in total. The molecule has 1 atom stereocenters. The molecule has 0 fully saturated rings. The molecule has 3 aromatic rings. The average Bonchev–Trinajstić information content (AvgIpc) is 3.07. The normalized spacial score (nSPS) is 13.8. The van der Waals surface area contributed by atoms with E-state index in [4.69, 9.17) is 21.1 Å². The highest BCUT2D eigenvalue weighted by molar-refractivity contribution is 6.32. The maximum Gasteiger partial charge on any atom is 0.462 e. The van der Waals surface area contributed by atoms with Crippen LogP contribution in [-0.4, -0.2) is 48.6 Å². The van der Waals surface area contributed by atoms with Gasteiger partial charge in [0.1, 0.15) is 11.3 Å². The second-order valence-corrected chi connectivity index (χ2v) is 11.7. The van der Waals surface area contributed by atoms with Gasteiger partial charge in [-0.2, -0.15) is 57.1 Å². The van der Waals surface area contributed by atoms with Gasteiger partial charge in [0.05, 0.1) is 11.6 Å². The third-order valence-electron chi connectivity index (χ3n) is 7.43. The van der Waals surface area contributed by atoms with E-state index in [1.807, 2.05) is 6.92 Å². The molecule has 0 spiro atoms. The highest BCUT2D eigenvalue weighted by atomic mass is 35.5. The van der Waals surface area contributed by atoms with Crippen LogP contribution >= 0.6 is 11.6 Å². The number of unbranched alkanes of at least 4 members (excludes halogenated alkanes) is 5. The van der Waals surface area contributed by atoms with E-state index in [0.717, 1.165) is 43.9 Å². The Labute approximate surface area is 299 Å². The van der Waals surface area contributed by atoms with E-state index >= 15 is 0 Å². The Kier molecular flexibility index (Phi) is 13.6. The van der Waals surface area contributed by atoms with Crippen LogP contribution in [0.25, 0.3) is 11.1 Å². The van der Waals surface area contributed by atoms with Crippen LogP contribution in [0.15, 0.2) is 42.5 Å². The minimum Gasteiger partial charge on any atom is -0.487 e. The fraction of sp³-hybridized carbons (Fsp3) is 0.394. The van der Waals surface area contributed by atoms with E-state index in [9.17, 15) is 75.4 Å². The molecule has 1 unspecified atom stereocenters. The van der Waals surface area contributed by atoms with Crippen LogP contribution in [0.3, 0.4) is 0 Å². The van der Waals surface area contributed by atoms with Crippen molar-refractivity contribution in [2.45, 2.75) is 75.7 Å². The molecule has 3 aromatic carbocycles. The minimum atomic E-state index is -7.38. The molecule has 0 aliphatic heterocycles. The van der Waals surface area contributed by atoms with Gasteiger partial charge in [-0.25, -0.2) is 13.6 Å². The number of ketones is 1. The first-order valence-electron chi connectivity index (χ1n) is 15.3. The van der Waals surface area contributed by atoms with E-state index in [1.54, 1.807) is 0 Å². The Hall–Kier alpha value is -4.20. The summed E-state index contributed by atoms with van der Waals surface area (Å²) in [5, 5.41) is -0.567. The fourth-order valence-electron chi connectivity index (χ4n) is 4.53. The first kappa shape index (κ1) is 44.2. The summed E-state index contributed by atoms with van der Waals surface area (Å²) < 4.78 is 216. The fourth-order valence-corrected chi connectivity index (χ4v) is 4.75. The maximum atomic E-state index is 14.7. The standard InChI is InChI=1S/C33H24ClF15O5/c1-2-3-4-5-6-7-14-52-26-24(37)22(35)21(23(36)25(26)38)28(51)53-20-13-12-18(15-19(20)34)16-8-10-17(11-9-16)27(50)29(39,31(42,43)44)54-33(48,49)30(40,41)32(45,46)47/h8-13,15H,2-7,14H2,1H3. The Balaban J connectivity index is 1.81. The van der Waals surface area contributed by atoms with Gasteiger partial charge in [0.2, 0.25) is 17.4 Å². The molecule has 0 amide bonds. The molecule has 298 valence electrons. The number of esters is 1. The summed E-state index contributed by atoms with van der Waals surface area (Å²) in [6.45, 7) is 1.69. The van der Waals surface area contributed by atoms with Gasteiger partial charge < -0.3 is 9.47 Å². The van der Waals surface area contributed by atoms with E-state index in [2.05, 4.69) is 4.74 Å². The molecule has 0 aliphatic rings. The van der Waals surface area contributed by atoms with Crippen molar-refractivity contribution in [3.05, 3.63) is 81.9 Å². The topological polar surface area (TPSA) is 61.8 Å². The number of carbonyl (C=O) groups is 2. The number of alkyl halides is 11. The number of halogens is 16. The van der Waals surface area contributed by atoms with Gasteiger partial charge in [-0.05, 0) is 29.7 Å². The summed E-state index contributed by atoms with van der Waals surface area (Å²) in [5.74, 6) is -29.4. The number of rotatable bonds is 16. The second-order valence-electron chi connectivity index (χ2n) is 11.3. The molecular weight excluding hydrogens is 797 g/mol. The van der Waals surface area contributed by atoms with Gasteiger partial charge >= 0.3 is 36.2 Å². The number of benzene rings is 3. The molecule has 3 rings (SSSR count). The highest BCUT2D eigenvalue weighted by Crippen LogP contribution is 2.51. The molecule has 0 radical (unpaired) electrons. The van der Waals surface area contributed by atoms with Gasteiger partial charge in [0.25, 0.3) is 0 Å². The summed E-state index contributed by atoms with van der Waals surface area (Å²) in [4.78, 5) is 24.9. The van der Waals surface area contributed by atoms with Crippen LogP contribution in [0.2, 0.25) is 5.02 Å². The van der Waals surface area contributed by atoms with Gasteiger partial charge in [0.15, 0.2) is 17.4 Å². The summed E-state index contributed by atoms with van der Waals surface area (Å²) in [6, 6.07) is 4.73. The smallest absolute Gasteiger partial charge is 0.462 e. The molecule has 0 aliphatic carbocycles. The van der Waals surface area contributed by atoms with Crippen molar-refractivity contribution in [3.8, 4) is 22.6 Å². The summed E-state index contributed by atoms with van der Waals surface area (Å²) in [6.07, 6.45) is -16.9. The zero-order chi connectivity index (χ0) is 41.0. The van der Waals surface area contributed by atoms with Crippen LogP contribution in [-0.2, 0) is 4.74 Å². The Morgan fingerprint density at radius 3 is 1.69 bits per heavy atom. The monoisotopic (exact) mass is 820 g/mol. The van der Waals surface area contributed by atoms with Crippen molar-refractivity contribution in [3.63, 3.8) is 0 Å². The SMILES string of the molecule is CCCCCCCCOc1c(F)c(F)c(C(=O)Oc2ccc(-c3ccc(C(=O)C(F)(OC(F)(F)C(F)(F)C(F)(F)F)C(F)(F)F)cc3)cc2Cl)c(F)c1F. The predicted molar refractivity (Wildman–Crippen MR) is 158 cm³/mol. The van der Waals surface area contributed by atoms with Crippen molar-refractivity contribution in [2.75, 3.05) is 6.61 Å². The van der Waals surface area contributed by atoms with Crippen LogP contribution in [0, 0.1) is 23.3 Å². The predicted octanol–water partition coefficient (Wildman–Crippen LogP) is 11.7. The van der Waals surface area contributed by atoms with Crippen molar-refractivity contribution < 1.29 is 89.7 Å². The third kappa shape index (κ3) is 9.18.